The average molecular weight is 389 g/mol. The zero-order valence-corrected chi connectivity index (χ0v) is 16.7. The van der Waals surface area contributed by atoms with E-state index in [2.05, 4.69) is 9.82 Å². The summed E-state index contributed by atoms with van der Waals surface area (Å²) in [4.78, 5) is 12.0. The first-order valence-corrected chi connectivity index (χ1v) is 10.6. The summed E-state index contributed by atoms with van der Waals surface area (Å²) in [5.41, 5.74) is 3.71. The van der Waals surface area contributed by atoms with Gasteiger partial charge in [0.2, 0.25) is 10.0 Å². The zero-order chi connectivity index (χ0) is 19.6. The van der Waals surface area contributed by atoms with Crippen molar-refractivity contribution in [2.45, 2.75) is 50.6 Å². The Morgan fingerprint density at radius 1 is 1.44 bits per heavy atom. The maximum atomic E-state index is 12.8. The monoisotopic (exact) mass is 389 g/mol. The van der Waals surface area contributed by atoms with Crippen LogP contribution in [0.25, 0.3) is 0 Å². The number of rotatable bonds is 6. The lowest BCUT2D eigenvalue weighted by atomic mass is 9.92. The average Bonchev–Trinajstić information content (AvgIpc) is 3.01. The number of fused-ring (bicyclic) bond motifs is 1. The van der Waals surface area contributed by atoms with Gasteiger partial charge in [0.1, 0.15) is 14.4 Å². The highest BCUT2D eigenvalue weighted by molar-refractivity contribution is 7.89. The van der Waals surface area contributed by atoms with Gasteiger partial charge in [-0.2, -0.15) is 5.10 Å². The highest BCUT2D eigenvalue weighted by Crippen LogP contribution is 2.31. The fourth-order valence-corrected chi connectivity index (χ4v) is 4.68. The third-order valence-electron chi connectivity index (χ3n) is 4.93. The molecular formula is C18H24BN3O4S. The number of carbonyl (C=O) groups is 1. The minimum Gasteiger partial charge on any atom is -0.465 e. The van der Waals surface area contributed by atoms with Crippen LogP contribution >= 0.6 is 0 Å². The second-order valence-corrected chi connectivity index (χ2v) is 8.54. The molecule has 0 bridgehead atoms. The predicted molar refractivity (Wildman–Crippen MR) is 104 cm³/mol. The largest absolute Gasteiger partial charge is 0.465 e. The predicted octanol–water partition coefficient (Wildman–Crippen LogP) is 0.369. The molecule has 1 N–H and O–H groups in total. The molecule has 1 heterocycles. The molecular weight excluding hydrogens is 365 g/mol. The quantitative estimate of drug-likeness (QED) is 0.570. The van der Waals surface area contributed by atoms with Gasteiger partial charge in [-0.25, -0.2) is 13.1 Å². The third-order valence-corrected chi connectivity index (χ3v) is 6.40. The molecule has 1 atom stereocenters. The maximum absolute atomic E-state index is 12.8. The Bertz CT molecular complexity index is 956. The highest BCUT2D eigenvalue weighted by Gasteiger charge is 2.29. The first-order chi connectivity index (χ1) is 12.8. The van der Waals surface area contributed by atoms with E-state index in [1.54, 1.807) is 29.9 Å². The lowest BCUT2D eigenvalue weighted by Crippen LogP contribution is -2.31. The van der Waals surface area contributed by atoms with E-state index in [0.29, 0.717) is 13.0 Å². The van der Waals surface area contributed by atoms with Crippen LogP contribution in [0, 0.1) is 6.92 Å². The van der Waals surface area contributed by atoms with Crippen LogP contribution in [0.4, 0.5) is 0 Å². The second-order valence-electron chi connectivity index (χ2n) is 6.82. The van der Waals surface area contributed by atoms with Crippen LogP contribution in [0.1, 0.15) is 42.6 Å². The Kier molecular flexibility index (Phi) is 5.71. The maximum Gasteiger partial charge on any atom is 0.327 e. The van der Waals surface area contributed by atoms with Gasteiger partial charge in [0.25, 0.3) is 0 Å². The van der Waals surface area contributed by atoms with E-state index in [9.17, 15) is 13.2 Å². The van der Waals surface area contributed by atoms with Crippen molar-refractivity contribution in [3.05, 3.63) is 41.2 Å². The Morgan fingerprint density at radius 2 is 2.22 bits per heavy atom. The molecule has 0 radical (unpaired) electrons. The van der Waals surface area contributed by atoms with E-state index in [-0.39, 0.29) is 23.5 Å². The van der Waals surface area contributed by atoms with Crippen molar-refractivity contribution in [3.8, 4) is 0 Å². The number of hydrogen-bond donors (Lipinski definition) is 1. The number of carbonyl (C=O) groups excluding carboxylic acids is 1. The lowest BCUT2D eigenvalue weighted by molar-refractivity contribution is -0.144. The normalized spacial score (nSPS) is 16.7. The van der Waals surface area contributed by atoms with Crippen molar-refractivity contribution in [3.63, 3.8) is 0 Å². The number of nitrogens with zero attached hydrogens (tertiary/aromatic N) is 2. The molecule has 1 aliphatic rings. The van der Waals surface area contributed by atoms with Crippen molar-refractivity contribution >= 4 is 29.3 Å². The molecule has 7 nitrogen and oxygen atoms in total. The van der Waals surface area contributed by atoms with Gasteiger partial charge in [-0.1, -0.05) is 17.1 Å². The van der Waals surface area contributed by atoms with Crippen LogP contribution in [-0.2, 0) is 32.5 Å². The standard InChI is InChI=1S/C18H24BN3O4S/c1-3-26-18(23)11-22-17-6-4-5-16(14(17)10-20-22)21-27(24,25)13-7-8-15(19)12(2)9-13/h7-10,16,21H,3-6,11,19H2,1-2H3. The Labute approximate surface area is 160 Å². The van der Waals surface area contributed by atoms with Gasteiger partial charge < -0.3 is 4.74 Å². The molecule has 0 saturated heterocycles. The van der Waals surface area contributed by atoms with Gasteiger partial charge in [-0.3, -0.25) is 9.48 Å². The molecule has 2 aromatic rings. The van der Waals surface area contributed by atoms with Gasteiger partial charge in [0, 0.05) is 11.3 Å². The van der Waals surface area contributed by atoms with Crippen molar-refractivity contribution in [2.75, 3.05) is 6.61 Å². The third kappa shape index (κ3) is 4.25. The van der Waals surface area contributed by atoms with Crippen LogP contribution in [0.5, 0.6) is 0 Å². The summed E-state index contributed by atoms with van der Waals surface area (Å²) in [6.45, 7) is 4.01. The number of sulfonamides is 1. The van der Waals surface area contributed by atoms with Crippen LogP contribution in [0.15, 0.2) is 29.3 Å². The molecule has 27 heavy (non-hydrogen) atoms. The lowest BCUT2D eigenvalue weighted by Gasteiger charge is -2.24. The fourth-order valence-electron chi connectivity index (χ4n) is 3.34. The van der Waals surface area contributed by atoms with Gasteiger partial charge in [-0.05, 0) is 45.2 Å². The number of esters is 1. The summed E-state index contributed by atoms with van der Waals surface area (Å²) in [7, 11) is -1.69. The summed E-state index contributed by atoms with van der Waals surface area (Å²) in [5.74, 6) is -0.346. The van der Waals surface area contributed by atoms with Crippen LogP contribution < -0.4 is 10.2 Å². The molecule has 3 rings (SSSR count). The van der Waals surface area contributed by atoms with E-state index in [1.807, 2.05) is 20.8 Å². The van der Waals surface area contributed by atoms with Crippen LogP contribution in [0.2, 0.25) is 0 Å². The number of aromatic nitrogens is 2. The Hall–Kier alpha value is -2.13. The van der Waals surface area contributed by atoms with E-state index < -0.39 is 10.0 Å². The van der Waals surface area contributed by atoms with E-state index in [0.717, 1.165) is 35.1 Å². The summed E-state index contributed by atoms with van der Waals surface area (Å²) in [5, 5.41) is 4.28. The van der Waals surface area contributed by atoms with Crippen LogP contribution in [-0.4, -0.2) is 38.6 Å². The van der Waals surface area contributed by atoms with Crippen LogP contribution in [0.3, 0.4) is 0 Å². The van der Waals surface area contributed by atoms with Gasteiger partial charge in [0.05, 0.1) is 23.7 Å². The van der Waals surface area contributed by atoms with E-state index >= 15 is 0 Å². The highest BCUT2D eigenvalue weighted by atomic mass is 32.2. The molecule has 1 aromatic carbocycles. The molecule has 1 aliphatic carbocycles. The summed E-state index contributed by atoms with van der Waals surface area (Å²) < 4.78 is 35.1. The number of ether oxygens (including phenoxy) is 1. The molecule has 0 amide bonds. The molecule has 0 saturated carbocycles. The number of hydrogen-bond acceptors (Lipinski definition) is 5. The summed E-state index contributed by atoms with van der Waals surface area (Å²) in [6, 6.07) is 4.77. The number of benzene rings is 1. The number of aryl methyl sites for hydroxylation is 1. The van der Waals surface area contributed by atoms with Crippen molar-refractivity contribution in [1.82, 2.24) is 14.5 Å². The molecule has 0 fully saturated rings. The van der Waals surface area contributed by atoms with Gasteiger partial charge >= 0.3 is 5.97 Å². The Balaban J connectivity index is 1.82. The molecule has 1 aromatic heterocycles. The summed E-state index contributed by atoms with van der Waals surface area (Å²) in [6.07, 6.45) is 3.93. The molecule has 0 aliphatic heterocycles. The molecule has 0 spiro atoms. The van der Waals surface area contributed by atoms with Crippen molar-refractivity contribution < 1.29 is 17.9 Å². The fraction of sp³-hybridized carbons (Fsp3) is 0.444. The first-order valence-electron chi connectivity index (χ1n) is 9.11. The molecule has 9 heteroatoms. The second kappa shape index (κ2) is 7.86. The number of nitrogens with one attached hydrogen (secondary N) is 1. The van der Waals surface area contributed by atoms with Crippen molar-refractivity contribution in [2.24, 2.45) is 0 Å². The van der Waals surface area contributed by atoms with Gasteiger partial charge in [0.15, 0.2) is 0 Å². The topological polar surface area (TPSA) is 90.3 Å². The van der Waals surface area contributed by atoms with Gasteiger partial charge in [-0.15, -0.1) is 0 Å². The zero-order valence-electron chi connectivity index (χ0n) is 15.9. The van der Waals surface area contributed by atoms with E-state index in [1.165, 1.54) is 0 Å². The smallest absolute Gasteiger partial charge is 0.327 e. The SMILES string of the molecule is Bc1ccc(S(=O)(=O)NC2CCCc3c2cnn3CC(=O)OCC)cc1C. The minimum absolute atomic E-state index is 0.0415. The Morgan fingerprint density at radius 3 is 2.93 bits per heavy atom. The molecule has 1 unspecified atom stereocenters. The van der Waals surface area contributed by atoms with Crippen molar-refractivity contribution in [1.29, 1.82) is 0 Å². The first kappa shape index (κ1) is 19.6. The van der Waals surface area contributed by atoms with E-state index in [4.69, 9.17) is 4.74 Å². The minimum atomic E-state index is -3.64. The molecule has 144 valence electrons. The summed E-state index contributed by atoms with van der Waals surface area (Å²) >= 11 is 0.